The fourth-order valence-electron chi connectivity index (χ4n) is 3.74. The lowest BCUT2D eigenvalue weighted by Gasteiger charge is -2.16. The van der Waals surface area contributed by atoms with Crippen LogP contribution in [0.2, 0.25) is 0 Å². The Morgan fingerprint density at radius 2 is 1.84 bits per heavy atom. The highest BCUT2D eigenvalue weighted by atomic mass is 19.1. The quantitative estimate of drug-likeness (QED) is 0.541. The summed E-state index contributed by atoms with van der Waals surface area (Å²) in [7, 11) is 1.78. The molecule has 0 fully saturated rings. The van der Waals surface area contributed by atoms with Crippen molar-refractivity contribution in [1.29, 1.82) is 5.26 Å². The average Bonchev–Trinajstić information content (AvgIpc) is 3.10. The van der Waals surface area contributed by atoms with Crippen LogP contribution in [0.3, 0.4) is 0 Å². The zero-order valence-corrected chi connectivity index (χ0v) is 17.2. The highest BCUT2D eigenvalue weighted by Crippen LogP contribution is 2.31. The monoisotopic (exact) mass is 419 g/mol. The van der Waals surface area contributed by atoms with Gasteiger partial charge in [0.2, 0.25) is 0 Å². The number of benzene rings is 2. The van der Waals surface area contributed by atoms with Crippen molar-refractivity contribution in [3.63, 3.8) is 0 Å². The predicted molar refractivity (Wildman–Crippen MR) is 114 cm³/mol. The van der Waals surface area contributed by atoms with Crippen LogP contribution in [0.25, 0.3) is 16.8 Å². The van der Waals surface area contributed by atoms with E-state index in [1.54, 1.807) is 49.7 Å². The van der Waals surface area contributed by atoms with E-state index < -0.39 is 11.6 Å². The van der Waals surface area contributed by atoms with Gasteiger partial charge in [0.25, 0.3) is 5.56 Å². The summed E-state index contributed by atoms with van der Waals surface area (Å²) >= 11 is 0. The number of nitriles is 1. The summed E-state index contributed by atoms with van der Waals surface area (Å²) in [5.74, 6) is -1.39. The number of anilines is 1. The largest absolute Gasteiger partial charge is 0.379 e. The van der Waals surface area contributed by atoms with Gasteiger partial charge in [-0.05, 0) is 50.2 Å². The fourth-order valence-corrected chi connectivity index (χ4v) is 3.74. The van der Waals surface area contributed by atoms with E-state index >= 15 is 0 Å². The first kappa shape index (κ1) is 20.3. The van der Waals surface area contributed by atoms with Crippen molar-refractivity contribution in [3.05, 3.63) is 87.0 Å². The Morgan fingerprint density at radius 3 is 2.48 bits per heavy atom. The first-order valence-corrected chi connectivity index (χ1v) is 9.59. The molecule has 156 valence electrons. The van der Waals surface area contributed by atoms with Crippen molar-refractivity contribution in [3.8, 4) is 17.2 Å². The lowest BCUT2D eigenvalue weighted by atomic mass is 10.0. The number of aryl methyl sites for hydroxylation is 2. The first-order chi connectivity index (χ1) is 14.8. The summed E-state index contributed by atoms with van der Waals surface area (Å²) in [6.07, 6.45) is 0. The van der Waals surface area contributed by atoms with Gasteiger partial charge in [-0.25, -0.2) is 8.78 Å². The zero-order valence-electron chi connectivity index (χ0n) is 17.2. The first-order valence-electron chi connectivity index (χ1n) is 9.59. The SMILES string of the molecule is Cc1nn2c(=O)c(C)c(CNc3ccc(C#N)cc3)n(C)c2c1-c1ccc(F)cc1F. The molecule has 0 aliphatic rings. The van der Waals surface area contributed by atoms with E-state index in [1.165, 1.54) is 16.6 Å². The molecule has 0 amide bonds. The number of hydrogen-bond donors (Lipinski definition) is 1. The summed E-state index contributed by atoms with van der Waals surface area (Å²) in [6.45, 7) is 3.73. The average molecular weight is 419 g/mol. The maximum Gasteiger partial charge on any atom is 0.277 e. The van der Waals surface area contributed by atoms with Gasteiger partial charge in [0.1, 0.15) is 17.3 Å². The summed E-state index contributed by atoms with van der Waals surface area (Å²) in [6, 6.07) is 12.4. The van der Waals surface area contributed by atoms with Crippen LogP contribution in [0, 0.1) is 36.8 Å². The molecule has 0 atom stereocenters. The number of halogens is 2. The van der Waals surface area contributed by atoms with Crippen LogP contribution in [-0.2, 0) is 13.6 Å². The van der Waals surface area contributed by atoms with Gasteiger partial charge in [0.15, 0.2) is 0 Å². The van der Waals surface area contributed by atoms with Gasteiger partial charge in [-0.2, -0.15) is 14.9 Å². The van der Waals surface area contributed by atoms with E-state index in [1.807, 2.05) is 0 Å². The molecule has 2 aromatic heterocycles. The van der Waals surface area contributed by atoms with E-state index in [9.17, 15) is 13.6 Å². The van der Waals surface area contributed by atoms with Crippen LogP contribution in [0.1, 0.15) is 22.5 Å². The molecule has 0 saturated carbocycles. The van der Waals surface area contributed by atoms with Crippen molar-refractivity contribution in [2.75, 3.05) is 5.32 Å². The van der Waals surface area contributed by atoms with Crippen LogP contribution in [0.15, 0.2) is 47.3 Å². The van der Waals surface area contributed by atoms with Gasteiger partial charge in [-0.15, -0.1) is 0 Å². The second-order valence-corrected chi connectivity index (χ2v) is 7.30. The Labute approximate surface area is 177 Å². The maximum atomic E-state index is 14.6. The fraction of sp³-hybridized carbons (Fsp3) is 0.174. The van der Waals surface area contributed by atoms with Gasteiger partial charge >= 0.3 is 0 Å². The Balaban J connectivity index is 1.85. The molecule has 6 nitrogen and oxygen atoms in total. The van der Waals surface area contributed by atoms with E-state index in [2.05, 4.69) is 16.5 Å². The van der Waals surface area contributed by atoms with E-state index in [4.69, 9.17) is 5.26 Å². The minimum absolute atomic E-state index is 0.179. The van der Waals surface area contributed by atoms with E-state index in [-0.39, 0.29) is 11.1 Å². The van der Waals surface area contributed by atoms with Gasteiger partial charge in [-0.3, -0.25) is 4.79 Å². The molecule has 2 heterocycles. The molecule has 0 bridgehead atoms. The number of nitrogens with zero attached hydrogens (tertiary/aromatic N) is 4. The second kappa shape index (κ2) is 7.69. The molecule has 1 N–H and O–H groups in total. The Kier molecular flexibility index (Phi) is 5.03. The molecule has 0 unspecified atom stereocenters. The van der Waals surface area contributed by atoms with Crippen LogP contribution < -0.4 is 10.9 Å². The van der Waals surface area contributed by atoms with Crippen molar-refractivity contribution < 1.29 is 8.78 Å². The second-order valence-electron chi connectivity index (χ2n) is 7.30. The van der Waals surface area contributed by atoms with Crippen LogP contribution >= 0.6 is 0 Å². The number of aromatic nitrogens is 3. The minimum atomic E-state index is -0.719. The summed E-state index contributed by atoms with van der Waals surface area (Å²) in [5.41, 5.74) is 3.76. The van der Waals surface area contributed by atoms with Crippen LogP contribution in [-0.4, -0.2) is 14.2 Å². The molecule has 2 aromatic carbocycles. The molecule has 0 aliphatic heterocycles. The third kappa shape index (κ3) is 3.44. The summed E-state index contributed by atoms with van der Waals surface area (Å²) < 4.78 is 31.1. The highest BCUT2D eigenvalue weighted by Gasteiger charge is 2.22. The minimum Gasteiger partial charge on any atom is -0.379 e. The van der Waals surface area contributed by atoms with Crippen molar-refractivity contribution in [2.45, 2.75) is 20.4 Å². The summed E-state index contributed by atoms with van der Waals surface area (Å²) in [4.78, 5) is 13.0. The van der Waals surface area contributed by atoms with E-state index in [0.29, 0.717) is 40.3 Å². The smallest absolute Gasteiger partial charge is 0.277 e. The third-order valence-corrected chi connectivity index (χ3v) is 5.38. The van der Waals surface area contributed by atoms with Crippen molar-refractivity contribution in [2.24, 2.45) is 7.05 Å². The number of nitrogens with one attached hydrogen (secondary N) is 1. The molecular weight excluding hydrogens is 400 g/mol. The maximum absolute atomic E-state index is 14.6. The zero-order chi connectivity index (χ0) is 22.3. The molecule has 31 heavy (non-hydrogen) atoms. The molecule has 0 radical (unpaired) electrons. The molecular formula is C23H19F2N5O. The molecule has 0 saturated heterocycles. The van der Waals surface area contributed by atoms with Gasteiger partial charge in [0, 0.05) is 35.6 Å². The third-order valence-electron chi connectivity index (χ3n) is 5.38. The molecule has 0 spiro atoms. The lowest BCUT2D eigenvalue weighted by Crippen LogP contribution is -2.25. The Morgan fingerprint density at radius 1 is 1.13 bits per heavy atom. The van der Waals surface area contributed by atoms with Crippen LogP contribution in [0.5, 0.6) is 0 Å². The standard InChI is InChI=1S/C23H19F2N5O/c1-13-20(12-27-17-7-4-15(11-26)5-8-17)29(3)22-21(14(2)28-30(22)23(13)31)18-9-6-16(24)10-19(18)25/h4-10,27H,12H2,1-3H3. The molecule has 0 aliphatic carbocycles. The normalized spacial score (nSPS) is 11.0. The Hall–Kier alpha value is -3.99. The molecule has 4 rings (SSSR count). The highest BCUT2D eigenvalue weighted by molar-refractivity contribution is 5.80. The van der Waals surface area contributed by atoms with Gasteiger partial charge in [-0.1, -0.05) is 0 Å². The number of fused-ring (bicyclic) bond motifs is 1. The lowest BCUT2D eigenvalue weighted by molar-refractivity contribution is 0.585. The predicted octanol–water partition coefficient (Wildman–Crippen LogP) is 4.08. The number of rotatable bonds is 4. The van der Waals surface area contributed by atoms with Crippen molar-refractivity contribution in [1.82, 2.24) is 14.2 Å². The van der Waals surface area contributed by atoms with Crippen LogP contribution in [0.4, 0.5) is 14.5 Å². The van der Waals surface area contributed by atoms with E-state index in [0.717, 1.165) is 11.8 Å². The van der Waals surface area contributed by atoms with Crippen molar-refractivity contribution >= 4 is 11.3 Å². The summed E-state index contributed by atoms with van der Waals surface area (Å²) in [5, 5.41) is 16.5. The Bertz CT molecular complexity index is 1410. The topological polar surface area (TPSA) is 75.1 Å². The number of hydrogen-bond acceptors (Lipinski definition) is 4. The molecule has 4 aromatic rings. The van der Waals surface area contributed by atoms with Gasteiger partial charge < -0.3 is 9.88 Å². The molecule has 8 heteroatoms. The van der Waals surface area contributed by atoms with Gasteiger partial charge in [0.05, 0.1) is 29.4 Å².